The van der Waals surface area contributed by atoms with Crippen LogP contribution in [0, 0.1) is 5.82 Å². The van der Waals surface area contributed by atoms with Crippen LogP contribution in [-0.4, -0.2) is 32.6 Å². The van der Waals surface area contributed by atoms with Gasteiger partial charge in [0.25, 0.3) is 5.91 Å². The van der Waals surface area contributed by atoms with Crippen LogP contribution in [0.3, 0.4) is 0 Å². The summed E-state index contributed by atoms with van der Waals surface area (Å²) < 4.78 is 15.9. The molecule has 0 saturated carbocycles. The van der Waals surface area contributed by atoms with Crippen LogP contribution in [0.2, 0.25) is 5.02 Å². The minimum atomic E-state index is -0.636. The van der Waals surface area contributed by atoms with Gasteiger partial charge in [-0.3, -0.25) is 9.59 Å². The second-order valence-electron chi connectivity index (χ2n) is 6.52. The van der Waals surface area contributed by atoms with Crippen LogP contribution in [0.5, 0.6) is 0 Å². The third-order valence-electron chi connectivity index (χ3n) is 4.82. The normalized spacial score (nSPS) is 15.7. The fourth-order valence-corrected chi connectivity index (χ4v) is 3.86. The lowest BCUT2D eigenvalue weighted by molar-refractivity contribution is -0.119. The van der Waals surface area contributed by atoms with E-state index in [1.54, 1.807) is 41.2 Å². The number of pyridine rings is 1. The molecular weight excluding hydrogens is 371 g/mol. The van der Waals surface area contributed by atoms with Gasteiger partial charge in [-0.15, -0.1) is 0 Å². The number of amides is 2. The van der Waals surface area contributed by atoms with Gasteiger partial charge in [-0.25, -0.2) is 9.37 Å². The smallest absolute Gasteiger partial charge is 0.256 e. The molecule has 138 valence electrons. The maximum Gasteiger partial charge on any atom is 0.256 e. The van der Waals surface area contributed by atoms with Gasteiger partial charge in [-0.2, -0.15) is 0 Å². The van der Waals surface area contributed by atoms with Crippen molar-refractivity contribution < 1.29 is 14.0 Å². The van der Waals surface area contributed by atoms with Gasteiger partial charge in [-0.05, 0) is 48.2 Å². The average Bonchev–Trinajstić information content (AvgIpc) is 3.25. The fourth-order valence-electron chi connectivity index (χ4n) is 3.65. The molecule has 3 aromatic rings. The summed E-state index contributed by atoms with van der Waals surface area (Å²) in [6, 6.07) is 5.81. The van der Waals surface area contributed by atoms with Crippen LogP contribution in [0.15, 0.2) is 42.9 Å². The summed E-state index contributed by atoms with van der Waals surface area (Å²) in [5, 5.41) is 0.254. The molecular formula is C19H16ClFN4O2. The molecule has 2 heterocycles. The lowest BCUT2D eigenvalue weighted by atomic mass is 10.1. The van der Waals surface area contributed by atoms with Crippen molar-refractivity contribution in [3.8, 4) is 0 Å². The molecule has 2 N–H and O–H groups in total. The monoisotopic (exact) mass is 386 g/mol. The highest BCUT2D eigenvalue weighted by Gasteiger charge is 2.34. The molecule has 0 bridgehead atoms. The Bertz CT molecular complexity index is 1070. The van der Waals surface area contributed by atoms with Gasteiger partial charge in [0, 0.05) is 23.6 Å². The minimum Gasteiger partial charge on any atom is -0.368 e. The van der Waals surface area contributed by atoms with Crippen molar-refractivity contribution in [2.75, 3.05) is 6.54 Å². The van der Waals surface area contributed by atoms with Gasteiger partial charge in [0.05, 0.1) is 11.6 Å². The first-order valence-corrected chi connectivity index (χ1v) is 8.81. The lowest BCUT2D eigenvalue weighted by Gasteiger charge is -2.29. The Morgan fingerprint density at radius 2 is 2.19 bits per heavy atom. The van der Waals surface area contributed by atoms with Gasteiger partial charge in [-0.1, -0.05) is 11.6 Å². The molecule has 1 aromatic carbocycles. The number of halogens is 2. The van der Waals surface area contributed by atoms with Gasteiger partial charge < -0.3 is 15.0 Å². The SMILES string of the molecule is NC(=O)CN(C(=O)c1ccc2nccn2c1)C1CCc2c(F)cc(Cl)cc21. The van der Waals surface area contributed by atoms with Crippen molar-refractivity contribution >= 4 is 29.1 Å². The Hall–Kier alpha value is -2.93. The Balaban J connectivity index is 1.74. The maximum atomic E-state index is 14.2. The number of hydrogen-bond donors (Lipinski definition) is 1. The molecule has 0 radical (unpaired) electrons. The van der Waals surface area contributed by atoms with E-state index in [1.165, 1.54) is 11.0 Å². The second kappa shape index (κ2) is 6.66. The van der Waals surface area contributed by atoms with Crippen LogP contribution >= 0.6 is 11.6 Å². The Kier molecular flexibility index (Phi) is 4.31. The zero-order valence-corrected chi connectivity index (χ0v) is 15.0. The topological polar surface area (TPSA) is 80.7 Å². The Morgan fingerprint density at radius 1 is 1.37 bits per heavy atom. The molecule has 6 nitrogen and oxygen atoms in total. The number of carbonyl (C=O) groups is 2. The highest BCUT2D eigenvalue weighted by molar-refractivity contribution is 6.30. The van der Waals surface area contributed by atoms with Crippen molar-refractivity contribution in [3.63, 3.8) is 0 Å². The van der Waals surface area contributed by atoms with Gasteiger partial charge in [0.2, 0.25) is 5.91 Å². The van der Waals surface area contributed by atoms with E-state index in [1.807, 2.05) is 0 Å². The predicted octanol–water partition coefficient (Wildman–Crippen LogP) is 2.74. The molecule has 0 spiro atoms. The number of primary amides is 1. The largest absolute Gasteiger partial charge is 0.368 e. The summed E-state index contributed by atoms with van der Waals surface area (Å²) in [4.78, 5) is 30.3. The number of nitrogens with two attached hydrogens (primary N) is 1. The van der Waals surface area contributed by atoms with Crippen LogP contribution in [0.4, 0.5) is 4.39 Å². The molecule has 0 fully saturated rings. The van der Waals surface area contributed by atoms with Crippen molar-refractivity contribution in [3.05, 3.63) is 70.4 Å². The number of hydrogen-bond acceptors (Lipinski definition) is 3. The van der Waals surface area contributed by atoms with E-state index in [9.17, 15) is 14.0 Å². The van der Waals surface area contributed by atoms with E-state index >= 15 is 0 Å². The van der Waals surface area contributed by atoms with Gasteiger partial charge >= 0.3 is 0 Å². The number of rotatable bonds is 4. The molecule has 8 heteroatoms. The summed E-state index contributed by atoms with van der Waals surface area (Å²) in [6.07, 6.45) is 5.96. The Morgan fingerprint density at radius 3 is 2.96 bits per heavy atom. The number of fused-ring (bicyclic) bond motifs is 2. The number of carbonyl (C=O) groups excluding carboxylic acids is 2. The van der Waals surface area contributed by atoms with Crippen molar-refractivity contribution in [1.29, 1.82) is 0 Å². The van der Waals surface area contributed by atoms with Crippen molar-refractivity contribution in [2.45, 2.75) is 18.9 Å². The number of nitrogens with zero attached hydrogens (tertiary/aromatic N) is 3. The molecule has 4 rings (SSSR count). The summed E-state index contributed by atoms with van der Waals surface area (Å²) in [6.45, 7) is -0.265. The predicted molar refractivity (Wildman–Crippen MR) is 97.9 cm³/mol. The minimum absolute atomic E-state index is 0.254. The third kappa shape index (κ3) is 3.14. The van der Waals surface area contributed by atoms with Gasteiger partial charge in [0.15, 0.2) is 0 Å². The number of imidazole rings is 1. The number of aromatic nitrogens is 2. The standard InChI is InChI=1S/C19H16ClFN4O2/c20-12-7-14-13(15(21)8-12)2-3-16(14)25(10-17(22)26)19(27)11-1-4-18-23-5-6-24(18)9-11/h1,4-9,16H,2-3,10H2,(H2,22,26). The van der Waals surface area contributed by atoms with Crippen molar-refractivity contribution in [2.24, 2.45) is 5.73 Å². The molecule has 1 aliphatic rings. The lowest BCUT2D eigenvalue weighted by Crippen LogP contribution is -2.40. The molecule has 1 atom stereocenters. The molecule has 0 saturated heterocycles. The maximum absolute atomic E-state index is 14.2. The third-order valence-corrected chi connectivity index (χ3v) is 5.04. The van der Waals surface area contributed by atoms with E-state index in [0.29, 0.717) is 35.2 Å². The first-order valence-electron chi connectivity index (χ1n) is 8.44. The van der Waals surface area contributed by atoms with Crippen LogP contribution in [0.25, 0.3) is 5.65 Å². The first kappa shape index (κ1) is 17.5. The molecule has 0 aliphatic heterocycles. The molecule has 2 aromatic heterocycles. The summed E-state index contributed by atoms with van der Waals surface area (Å²) in [5.41, 5.74) is 7.62. The summed E-state index contributed by atoms with van der Waals surface area (Å²) in [7, 11) is 0. The fraction of sp³-hybridized carbons (Fsp3) is 0.211. The molecule has 2 amide bonds. The molecule has 1 unspecified atom stereocenters. The first-order chi connectivity index (χ1) is 12.9. The van der Waals surface area contributed by atoms with E-state index in [2.05, 4.69) is 4.98 Å². The zero-order chi connectivity index (χ0) is 19.1. The molecule has 27 heavy (non-hydrogen) atoms. The van der Waals surface area contributed by atoms with E-state index in [4.69, 9.17) is 17.3 Å². The van der Waals surface area contributed by atoms with Crippen LogP contribution in [-0.2, 0) is 11.2 Å². The summed E-state index contributed by atoms with van der Waals surface area (Å²) in [5.74, 6) is -1.39. The average molecular weight is 387 g/mol. The highest BCUT2D eigenvalue weighted by atomic mass is 35.5. The zero-order valence-electron chi connectivity index (χ0n) is 14.2. The summed E-state index contributed by atoms with van der Waals surface area (Å²) >= 11 is 6.01. The van der Waals surface area contributed by atoms with Crippen LogP contribution in [0.1, 0.15) is 33.9 Å². The van der Waals surface area contributed by atoms with E-state index < -0.39 is 17.8 Å². The number of benzene rings is 1. The van der Waals surface area contributed by atoms with E-state index in [-0.39, 0.29) is 17.5 Å². The van der Waals surface area contributed by atoms with E-state index in [0.717, 1.165) is 0 Å². The molecule has 1 aliphatic carbocycles. The Labute approximate surface area is 159 Å². The van der Waals surface area contributed by atoms with Crippen molar-refractivity contribution in [1.82, 2.24) is 14.3 Å². The quantitative estimate of drug-likeness (QED) is 0.748. The second-order valence-corrected chi connectivity index (χ2v) is 6.96. The highest BCUT2D eigenvalue weighted by Crippen LogP contribution is 2.39. The van der Waals surface area contributed by atoms with Crippen LogP contribution < -0.4 is 5.73 Å². The van der Waals surface area contributed by atoms with Gasteiger partial charge in [0.1, 0.15) is 18.0 Å².